The third kappa shape index (κ3) is 4.92. The summed E-state index contributed by atoms with van der Waals surface area (Å²) in [7, 11) is 0. The number of likely N-dealkylation sites (tertiary alicyclic amines) is 2. The van der Waals surface area contributed by atoms with Gasteiger partial charge in [0.1, 0.15) is 0 Å². The van der Waals surface area contributed by atoms with Crippen LogP contribution in [0.2, 0.25) is 0 Å². The molecule has 0 saturated carbocycles. The third-order valence-corrected chi connectivity index (χ3v) is 6.97. The summed E-state index contributed by atoms with van der Waals surface area (Å²) in [5.74, 6) is 0.524. The summed E-state index contributed by atoms with van der Waals surface area (Å²) in [6.07, 6.45) is 8.38. The number of benzene rings is 1. The second-order valence-electron chi connectivity index (χ2n) is 8.40. The van der Waals surface area contributed by atoms with Crippen LogP contribution in [0.15, 0.2) is 53.5 Å². The van der Waals surface area contributed by atoms with Crippen molar-refractivity contribution < 1.29 is 4.79 Å². The van der Waals surface area contributed by atoms with Crippen LogP contribution in [-0.4, -0.2) is 58.0 Å². The van der Waals surface area contributed by atoms with E-state index in [2.05, 4.69) is 36.9 Å². The van der Waals surface area contributed by atoms with E-state index in [1.165, 1.54) is 25.9 Å². The molecule has 2 amide bonds. The van der Waals surface area contributed by atoms with Crippen LogP contribution in [0.25, 0.3) is 11.1 Å². The van der Waals surface area contributed by atoms with Gasteiger partial charge in [-0.2, -0.15) is 11.3 Å². The van der Waals surface area contributed by atoms with Crippen LogP contribution in [0.4, 0.5) is 22.1 Å². The Labute approximate surface area is 192 Å². The highest BCUT2D eigenvalue weighted by atomic mass is 32.1. The fraction of sp³-hybridized carbons (Fsp3) is 0.375. The van der Waals surface area contributed by atoms with E-state index in [0.29, 0.717) is 12.0 Å². The van der Waals surface area contributed by atoms with Gasteiger partial charge in [-0.05, 0) is 79.4 Å². The van der Waals surface area contributed by atoms with Gasteiger partial charge in [0.25, 0.3) is 0 Å². The summed E-state index contributed by atoms with van der Waals surface area (Å²) in [5.41, 5.74) is 3.71. The molecule has 32 heavy (non-hydrogen) atoms. The van der Waals surface area contributed by atoms with Gasteiger partial charge in [0.2, 0.25) is 5.95 Å². The van der Waals surface area contributed by atoms with Crippen molar-refractivity contribution in [1.82, 2.24) is 19.8 Å². The highest BCUT2D eigenvalue weighted by Gasteiger charge is 2.28. The first-order valence-corrected chi connectivity index (χ1v) is 12.2. The summed E-state index contributed by atoms with van der Waals surface area (Å²) < 4.78 is 0. The van der Waals surface area contributed by atoms with Crippen molar-refractivity contribution in [2.75, 3.05) is 36.8 Å². The number of nitrogens with one attached hydrogen (secondary N) is 2. The van der Waals surface area contributed by atoms with E-state index >= 15 is 0 Å². The van der Waals surface area contributed by atoms with Crippen LogP contribution in [0.1, 0.15) is 25.7 Å². The number of nitrogens with zero attached hydrogens (tertiary/aromatic N) is 4. The number of amides is 2. The minimum Gasteiger partial charge on any atom is -0.324 e. The van der Waals surface area contributed by atoms with E-state index in [0.717, 1.165) is 48.4 Å². The summed E-state index contributed by atoms with van der Waals surface area (Å²) in [6, 6.07) is 10.3. The molecule has 2 aromatic heterocycles. The van der Waals surface area contributed by atoms with Gasteiger partial charge in [0, 0.05) is 48.5 Å². The lowest BCUT2D eigenvalue weighted by molar-refractivity contribution is 0.140. The van der Waals surface area contributed by atoms with Crippen LogP contribution < -0.4 is 10.6 Å². The summed E-state index contributed by atoms with van der Waals surface area (Å²) in [6.45, 7) is 4.07. The van der Waals surface area contributed by atoms with Crippen LogP contribution in [0.5, 0.6) is 0 Å². The lowest BCUT2D eigenvalue weighted by Crippen LogP contribution is -2.47. The molecule has 2 fully saturated rings. The fourth-order valence-corrected chi connectivity index (χ4v) is 5.18. The molecule has 0 aliphatic carbocycles. The second-order valence-corrected chi connectivity index (χ2v) is 9.18. The Morgan fingerprint density at radius 3 is 2.44 bits per heavy atom. The van der Waals surface area contributed by atoms with Crippen LogP contribution in [0.3, 0.4) is 0 Å². The minimum absolute atomic E-state index is 0.0293. The van der Waals surface area contributed by atoms with E-state index in [1.807, 2.05) is 46.9 Å². The quantitative estimate of drug-likeness (QED) is 0.572. The predicted octanol–water partition coefficient (Wildman–Crippen LogP) is 5.04. The number of rotatable bonds is 5. The van der Waals surface area contributed by atoms with E-state index in [4.69, 9.17) is 0 Å². The number of piperidine rings is 1. The van der Waals surface area contributed by atoms with Crippen molar-refractivity contribution in [2.45, 2.75) is 31.7 Å². The summed E-state index contributed by atoms with van der Waals surface area (Å²) in [4.78, 5) is 26.1. The SMILES string of the molecule is O=C(Nc1cccc(Nc2ncc(-c3ccsc3)cn2)c1)N1CCC(N2CCCC2)CC1. The van der Waals surface area contributed by atoms with Crippen molar-refractivity contribution in [1.29, 1.82) is 0 Å². The van der Waals surface area contributed by atoms with Gasteiger partial charge in [-0.15, -0.1) is 0 Å². The maximum Gasteiger partial charge on any atom is 0.321 e. The summed E-state index contributed by atoms with van der Waals surface area (Å²) >= 11 is 1.65. The Balaban J connectivity index is 1.16. The third-order valence-electron chi connectivity index (χ3n) is 6.29. The average Bonchev–Trinajstić information content (AvgIpc) is 3.55. The van der Waals surface area contributed by atoms with Gasteiger partial charge in [-0.1, -0.05) is 6.07 Å². The Morgan fingerprint density at radius 2 is 1.72 bits per heavy atom. The molecule has 3 aromatic rings. The molecule has 2 aliphatic heterocycles. The number of hydrogen-bond donors (Lipinski definition) is 2. The summed E-state index contributed by atoms with van der Waals surface area (Å²) in [5, 5.41) is 10.4. The molecule has 0 atom stereocenters. The Hall–Kier alpha value is -2.97. The normalized spacial score (nSPS) is 17.4. The maximum absolute atomic E-state index is 12.8. The highest BCUT2D eigenvalue weighted by molar-refractivity contribution is 7.08. The van der Waals surface area contributed by atoms with Crippen LogP contribution in [-0.2, 0) is 0 Å². The first-order valence-electron chi connectivity index (χ1n) is 11.3. The smallest absolute Gasteiger partial charge is 0.321 e. The number of urea groups is 1. The van der Waals surface area contributed by atoms with E-state index < -0.39 is 0 Å². The van der Waals surface area contributed by atoms with Crippen molar-refractivity contribution in [3.63, 3.8) is 0 Å². The standard InChI is InChI=1S/C24H28N6OS/c31-24(30-11-6-22(7-12-30)29-9-1-2-10-29)28-21-5-3-4-20(14-21)27-23-25-15-19(16-26-23)18-8-13-32-17-18/h3-5,8,13-17,22H,1-2,6-7,9-12H2,(H,28,31)(H,25,26,27). The van der Waals surface area contributed by atoms with Gasteiger partial charge >= 0.3 is 6.03 Å². The van der Waals surface area contributed by atoms with Crippen LogP contribution in [0, 0.1) is 0 Å². The van der Waals surface area contributed by atoms with Gasteiger partial charge in [-0.25, -0.2) is 14.8 Å². The van der Waals surface area contributed by atoms with Gasteiger partial charge in [0.05, 0.1) is 0 Å². The van der Waals surface area contributed by atoms with Crippen molar-refractivity contribution in [2.24, 2.45) is 0 Å². The molecule has 5 rings (SSSR count). The van der Waals surface area contributed by atoms with Crippen molar-refractivity contribution in [3.05, 3.63) is 53.5 Å². The molecule has 0 spiro atoms. The number of hydrogen-bond acceptors (Lipinski definition) is 6. The molecule has 7 nitrogen and oxygen atoms in total. The topological polar surface area (TPSA) is 73.4 Å². The highest BCUT2D eigenvalue weighted by Crippen LogP contribution is 2.24. The van der Waals surface area contributed by atoms with E-state index in [1.54, 1.807) is 11.3 Å². The number of aromatic nitrogens is 2. The van der Waals surface area contributed by atoms with E-state index in [9.17, 15) is 4.79 Å². The lowest BCUT2D eigenvalue weighted by atomic mass is 10.0. The predicted molar refractivity (Wildman–Crippen MR) is 129 cm³/mol. The fourth-order valence-electron chi connectivity index (χ4n) is 4.52. The van der Waals surface area contributed by atoms with E-state index in [-0.39, 0.29) is 6.03 Å². The molecule has 0 unspecified atom stereocenters. The zero-order chi connectivity index (χ0) is 21.8. The molecule has 8 heteroatoms. The Morgan fingerprint density at radius 1 is 0.969 bits per heavy atom. The largest absolute Gasteiger partial charge is 0.324 e. The van der Waals surface area contributed by atoms with Gasteiger partial charge in [0.15, 0.2) is 0 Å². The number of carbonyl (C=O) groups excluding carboxylic acids is 1. The zero-order valence-electron chi connectivity index (χ0n) is 18.0. The molecule has 4 heterocycles. The van der Waals surface area contributed by atoms with Crippen molar-refractivity contribution >= 4 is 34.7 Å². The first kappa shape index (κ1) is 20.9. The molecule has 166 valence electrons. The van der Waals surface area contributed by atoms with Crippen LogP contribution >= 0.6 is 11.3 Å². The molecule has 2 saturated heterocycles. The van der Waals surface area contributed by atoms with Gasteiger partial charge < -0.3 is 20.4 Å². The average molecular weight is 449 g/mol. The number of thiophene rings is 1. The molecular weight excluding hydrogens is 420 g/mol. The van der Waals surface area contributed by atoms with Gasteiger partial charge in [-0.3, -0.25) is 0 Å². The monoisotopic (exact) mass is 448 g/mol. The Bertz CT molecular complexity index is 1020. The first-order chi connectivity index (χ1) is 15.7. The number of carbonyl (C=O) groups is 1. The molecule has 0 bridgehead atoms. The molecule has 2 aliphatic rings. The molecule has 0 radical (unpaired) electrons. The zero-order valence-corrected chi connectivity index (χ0v) is 18.9. The molecule has 2 N–H and O–H groups in total. The lowest BCUT2D eigenvalue weighted by Gasteiger charge is -2.36. The number of anilines is 3. The van der Waals surface area contributed by atoms with Crippen molar-refractivity contribution in [3.8, 4) is 11.1 Å². The minimum atomic E-state index is -0.0293. The second kappa shape index (κ2) is 9.67. The molecule has 1 aromatic carbocycles. The maximum atomic E-state index is 12.8. The molecular formula is C24H28N6OS. The Kier molecular flexibility index (Phi) is 6.31.